The van der Waals surface area contributed by atoms with E-state index >= 15 is 0 Å². The Morgan fingerprint density at radius 1 is 0.488 bits per heavy atom. The second-order valence-corrected chi connectivity index (χ2v) is 19.9. The second-order valence-electron chi connectivity index (χ2n) is 11.0. The molecule has 0 amide bonds. The van der Waals surface area contributed by atoms with Crippen molar-refractivity contribution in [1.82, 2.24) is 0 Å². The standard InChI is InChI=1S/C40H32BrOP/c1-42-37-27-25-31-17-11-13-23-35(31)39(37)40-36-24-14-12-18-32(36)26-28-38(40)43(41,33-19-7-3-8-20-33,34-21-9-4-10-22-34)29-30-15-5-2-6-16-30/h2-28H,29H2,1H3. The van der Waals surface area contributed by atoms with E-state index in [0.717, 1.165) is 17.5 Å². The Balaban J connectivity index is 1.74. The number of methoxy groups -OCH3 is 1. The Morgan fingerprint density at radius 2 is 0.953 bits per heavy atom. The van der Waals surface area contributed by atoms with Crippen LogP contribution in [0.5, 0.6) is 5.75 Å². The zero-order valence-corrected chi connectivity index (χ0v) is 26.5. The van der Waals surface area contributed by atoms with Gasteiger partial charge in [0.15, 0.2) is 0 Å². The summed E-state index contributed by atoms with van der Waals surface area (Å²) in [5, 5.41) is 5.24. The zero-order valence-electron chi connectivity index (χ0n) is 24.0. The number of fused-ring (bicyclic) bond motifs is 2. The molecule has 0 saturated heterocycles. The van der Waals surface area contributed by atoms with Crippen LogP contribution in [0, 0.1) is 0 Å². The fraction of sp³-hybridized carbons (Fsp3) is 0.0500. The number of rotatable bonds is 7. The minimum absolute atomic E-state index is 0.818. The Hall–Kier alpha value is -4.23. The Kier molecular flexibility index (Phi) is 7.14. The van der Waals surface area contributed by atoms with Crippen molar-refractivity contribution in [2.45, 2.75) is 6.16 Å². The normalized spacial score (nSPS) is 12.6. The molecule has 0 atom stereocenters. The summed E-state index contributed by atoms with van der Waals surface area (Å²) in [6.07, 6.45) is 0.818. The molecule has 43 heavy (non-hydrogen) atoms. The van der Waals surface area contributed by atoms with Crippen molar-refractivity contribution in [2.75, 3.05) is 7.11 Å². The van der Waals surface area contributed by atoms with E-state index in [-0.39, 0.29) is 0 Å². The first kappa shape index (κ1) is 27.6. The molecule has 0 aliphatic rings. The van der Waals surface area contributed by atoms with Crippen molar-refractivity contribution < 1.29 is 4.74 Å². The van der Waals surface area contributed by atoms with E-state index < -0.39 is 5.31 Å². The van der Waals surface area contributed by atoms with Crippen LogP contribution in [0.25, 0.3) is 32.7 Å². The number of benzene rings is 7. The Bertz CT molecular complexity index is 2020. The van der Waals surface area contributed by atoms with Crippen LogP contribution in [0.15, 0.2) is 164 Å². The molecule has 210 valence electrons. The van der Waals surface area contributed by atoms with Gasteiger partial charge in [-0.15, -0.1) is 0 Å². The molecule has 1 nitrogen and oxygen atoms in total. The summed E-state index contributed by atoms with van der Waals surface area (Å²) in [7, 11) is 1.78. The van der Waals surface area contributed by atoms with Crippen molar-refractivity contribution >= 4 is 58.3 Å². The SMILES string of the molecule is COc1ccc2ccccc2c1-c1c(P(Br)(Cc2ccccc2)(c2ccccc2)c2ccccc2)ccc2ccccc12. The first-order valence-electron chi connectivity index (χ1n) is 14.6. The maximum absolute atomic E-state index is 6.19. The molecular weight excluding hydrogens is 607 g/mol. The van der Waals surface area contributed by atoms with Crippen LogP contribution in [0.1, 0.15) is 5.56 Å². The Morgan fingerprint density at radius 3 is 1.51 bits per heavy atom. The molecule has 0 aromatic heterocycles. The zero-order chi connectivity index (χ0) is 29.3. The van der Waals surface area contributed by atoms with E-state index in [4.69, 9.17) is 20.2 Å². The molecule has 7 rings (SSSR count). The van der Waals surface area contributed by atoms with Gasteiger partial charge in [-0.2, -0.15) is 0 Å². The topological polar surface area (TPSA) is 9.23 Å². The molecule has 0 unspecified atom stereocenters. The molecule has 0 bridgehead atoms. The van der Waals surface area contributed by atoms with Gasteiger partial charge in [0.1, 0.15) is 0 Å². The molecule has 7 aromatic rings. The van der Waals surface area contributed by atoms with Gasteiger partial charge in [-0.05, 0) is 0 Å². The quantitative estimate of drug-likeness (QED) is 0.158. The monoisotopic (exact) mass is 638 g/mol. The first-order chi connectivity index (χ1) is 21.1. The molecule has 0 heterocycles. The third-order valence-corrected chi connectivity index (χ3v) is 18.1. The van der Waals surface area contributed by atoms with Gasteiger partial charge in [0.25, 0.3) is 0 Å². The van der Waals surface area contributed by atoms with Crippen LogP contribution < -0.4 is 20.7 Å². The van der Waals surface area contributed by atoms with Crippen LogP contribution in [0.2, 0.25) is 0 Å². The fourth-order valence-electron chi connectivity index (χ4n) is 6.69. The fourth-order valence-corrected chi connectivity index (χ4v) is 14.8. The predicted molar refractivity (Wildman–Crippen MR) is 191 cm³/mol. The predicted octanol–water partition coefficient (Wildman–Crippen LogP) is 10.0. The van der Waals surface area contributed by atoms with E-state index in [2.05, 4.69) is 164 Å². The van der Waals surface area contributed by atoms with Crippen molar-refractivity contribution in [1.29, 1.82) is 0 Å². The van der Waals surface area contributed by atoms with Gasteiger partial charge in [0.05, 0.1) is 0 Å². The van der Waals surface area contributed by atoms with Gasteiger partial charge in [0.2, 0.25) is 0 Å². The first-order valence-corrected chi connectivity index (χ1v) is 19.0. The molecule has 0 fully saturated rings. The molecule has 0 spiro atoms. The Labute approximate surface area is 261 Å². The minimum atomic E-state index is -3.41. The molecular formula is C40H32BrOP. The number of ether oxygens (including phenoxy) is 1. The summed E-state index contributed by atoms with van der Waals surface area (Å²) in [5.41, 5.74) is 3.62. The van der Waals surface area contributed by atoms with Gasteiger partial charge in [-0.3, -0.25) is 0 Å². The van der Waals surface area contributed by atoms with E-state index in [9.17, 15) is 0 Å². The van der Waals surface area contributed by atoms with Crippen LogP contribution in [0.4, 0.5) is 0 Å². The van der Waals surface area contributed by atoms with Gasteiger partial charge >= 0.3 is 262 Å². The summed E-state index contributed by atoms with van der Waals surface area (Å²) in [6, 6.07) is 59.4. The molecule has 7 aromatic carbocycles. The molecule has 0 N–H and O–H groups in total. The molecule has 0 radical (unpaired) electrons. The molecule has 0 saturated carbocycles. The molecule has 0 aliphatic carbocycles. The molecule has 0 aliphatic heterocycles. The number of halogens is 1. The summed E-state index contributed by atoms with van der Waals surface area (Å²) in [5.74, 6) is 0.870. The van der Waals surface area contributed by atoms with E-state index in [1.54, 1.807) is 7.11 Å². The summed E-state index contributed by atoms with van der Waals surface area (Å²) in [6.45, 7) is 0. The van der Waals surface area contributed by atoms with Crippen LogP contribution in [-0.2, 0) is 6.16 Å². The van der Waals surface area contributed by atoms with Crippen LogP contribution in [-0.4, -0.2) is 7.11 Å². The second kappa shape index (κ2) is 11.1. The number of hydrogen-bond acceptors (Lipinski definition) is 1. The van der Waals surface area contributed by atoms with Crippen molar-refractivity contribution in [3.63, 3.8) is 0 Å². The average Bonchev–Trinajstić information content (AvgIpc) is 3.08. The third kappa shape index (κ3) is 4.49. The van der Waals surface area contributed by atoms with Gasteiger partial charge in [0, 0.05) is 0 Å². The van der Waals surface area contributed by atoms with E-state index in [1.165, 1.54) is 48.6 Å². The van der Waals surface area contributed by atoms with E-state index in [0.29, 0.717) is 0 Å². The van der Waals surface area contributed by atoms with Crippen molar-refractivity contribution in [3.05, 3.63) is 169 Å². The third-order valence-electron chi connectivity index (χ3n) is 8.68. The van der Waals surface area contributed by atoms with Crippen LogP contribution in [0.3, 0.4) is 0 Å². The molecule has 3 heteroatoms. The summed E-state index contributed by atoms with van der Waals surface area (Å²) in [4.78, 5) is 0. The van der Waals surface area contributed by atoms with E-state index in [1.807, 2.05) is 0 Å². The van der Waals surface area contributed by atoms with Gasteiger partial charge in [-0.1, -0.05) is 0 Å². The van der Waals surface area contributed by atoms with Gasteiger partial charge < -0.3 is 0 Å². The average molecular weight is 640 g/mol. The van der Waals surface area contributed by atoms with Crippen LogP contribution >= 0.6 is 20.8 Å². The summed E-state index contributed by atoms with van der Waals surface area (Å²) >= 11 is 4.79. The van der Waals surface area contributed by atoms with Gasteiger partial charge in [-0.25, -0.2) is 0 Å². The maximum atomic E-state index is 6.19. The number of hydrogen-bond donors (Lipinski definition) is 0. The van der Waals surface area contributed by atoms with Crippen molar-refractivity contribution in [3.8, 4) is 16.9 Å². The van der Waals surface area contributed by atoms with Crippen molar-refractivity contribution in [2.24, 2.45) is 0 Å². The summed E-state index contributed by atoms with van der Waals surface area (Å²) < 4.78 is 6.19.